The normalized spacial score (nSPS) is 60.3. The van der Waals surface area contributed by atoms with E-state index in [-0.39, 0.29) is 34.4 Å². The van der Waals surface area contributed by atoms with Crippen molar-refractivity contribution in [3.63, 3.8) is 0 Å². The minimum Gasteiger partial charge on any atom is -0.392 e. The lowest BCUT2D eigenvalue weighted by atomic mass is 9.46. The van der Waals surface area contributed by atoms with Crippen LogP contribution in [0.4, 0.5) is 0 Å². The molecule has 6 aliphatic rings. The maximum absolute atomic E-state index is 11.5. The van der Waals surface area contributed by atoms with Crippen LogP contribution in [0.25, 0.3) is 0 Å². The zero-order valence-electron chi connectivity index (χ0n) is 16.9. The second-order valence-corrected chi connectivity index (χ2v) is 11.1. The highest BCUT2D eigenvalue weighted by Crippen LogP contribution is 2.81. The second-order valence-electron chi connectivity index (χ2n) is 11.1. The molecule has 1 aliphatic heterocycles. The molecule has 0 aromatic carbocycles. The van der Waals surface area contributed by atoms with Gasteiger partial charge in [0.15, 0.2) is 5.79 Å². The van der Waals surface area contributed by atoms with Gasteiger partial charge in [-0.2, -0.15) is 0 Å². The van der Waals surface area contributed by atoms with Crippen LogP contribution in [0.15, 0.2) is 11.6 Å². The highest BCUT2D eigenvalue weighted by molar-refractivity contribution is 5.36. The Labute approximate surface area is 162 Å². The number of ether oxygens (including phenoxy) is 2. The van der Waals surface area contributed by atoms with Gasteiger partial charge in [-0.1, -0.05) is 25.5 Å². The molecule has 6 unspecified atom stereocenters. The molecule has 0 bridgehead atoms. The van der Waals surface area contributed by atoms with Gasteiger partial charge in [0.25, 0.3) is 0 Å². The molecule has 4 nitrogen and oxygen atoms in total. The van der Waals surface area contributed by atoms with E-state index in [1.807, 2.05) is 0 Å². The van der Waals surface area contributed by atoms with Gasteiger partial charge < -0.3 is 19.7 Å². The molecular formula is C23H34O4. The molecule has 5 aliphatic carbocycles. The van der Waals surface area contributed by atoms with Crippen molar-refractivity contribution in [2.75, 3.05) is 13.2 Å². The SMILES string of the molecule is CC1(C2CC=C3C4CC(O)C56C[C@H]5CC[C@]6(C)C4CC(O)[C@@]32C)OCCO1. The van der Waals surface area contributed by atoms with Crippen molar-refractivity contribution in [3.8, 4) is 0 Å². The quantitative estimate of drug-likeness (QED) is 0.692. The third kappa shape index (κ3) is 1.77. The molecular weight excluding hydrogens is 340 g/mol. The first-order valence-corrected chi connectivity index (χ1v) is 11.1. The Morgan fingerprint density at radius 1 is 1.04 bits per heavy atom. The fourth-order valence-electron chi connectivity index (χ4n) is 9.12. The second kappa shape index (κ2) is 5.00. The Balaban J connectivity index is 1.40. The summed E-state index contributed by atoms with van der Waals surface area (Å²) in [5.74, 6) is 1.18. The number of hydrogen-bond donors (Lipinski definition) is 2. The van der Waals surface area contributed by atoms with Gasteiger partial charge in [0.05, 0.1) is 25.4 Å². The van der Waals surface area contributed by atoms with E-state index in [9.17, 15) is 10.2 Å². The molecule has 6 rings (SSSR count). The fourth-order valence-corrected chi connectivity index (χ4v) is 9.12. The van der Waals surface area contributed by atoms with Crippen LogP contribution in [0.5, 0.6) is 0 Å². The first kappa shape index (κ1) is 17.4. The average molecular weight is 375 g/mol. The molecule has 1 spiro atoms. The number of hydrogen-bond acceptors (Lipinski definition) is 4. The summed E-state index contributed by atoms with van der Waals surface area (Å²) in [6.45, 7) is 8.01. The number of aliphatic hydroxyl groups is 2. The Bertz CT molecular complexity index is 711. The number of allylic oxidation sites excluding steroid dienone is 1. The summed E-state index contributed by atoms with van der Waals surface area (Å²) in [5.41, 5.74) is 1.44. The standard InChI is InChI=1S/C23H34O4/c1-20-7-6-13-12-23(13,20)19(25)10-14-15-4-5-17(22(3)26-8-9-27-22)21(15,2)18(24)11-16(14)20/h4,13-14,16-19,24-25H,5-12H2,1-3H3/t13-,14?,16?,17?,18?,19?,20-,21+,23?/m1/s1. The largest absolute Gasteiger partial charge is 0.392 e. The zero-order chi connectivity index (χ0) is 18.8. The third-order valence-corrected chi connectivity index (χ3v) is 10.6. The van der Waals surface area contributed by atoms with E-state index in [0.29, 0.717) is 25.0 Å². The van der Waals surface area contributed by atoms with Gasteiger partial charge >= 0.3 is 0 Å². The topological polar surface area (TPSA) is 58.9 Å². The molecule has 9 atom stereocenters. The molecule has 27 heavy (non-hydrogen) atoms. The predicted molar refractivity (Wildman–Crippen MR) is 101 cm³/mol. The highest BCUT2D eigenvalue weighted by atomic mass is 16.7. The lowest BCUT2D eigenvalue weighted by Gasteiger charge is -2.60. The van der Waals surface area contributed by atoms with Gasteiger partial charge in [0.2, 0.25) is 0 Å². The van der Waals surface area contributed by atoms with Crippen LogP contribution in [0.3, 0.4) is 0 Å². The first-order chi connectivity index (χ1) is 12.8. The molecule has 5 fully saturated rings. The van der Waals surface area contributed by atoms with Gasteiger partial charge in [-0.15, -0.1) is 0 Å². The van der Waals surface area contributed by atoms with E-state index in [0.717, 1.165) is 25.2 Å². The van der Waals surface area contributed by atoms with Gasteiger partial charge in [-0.3, -0.25) is 0 Å². The van der Waals surface area contributed by atoms with E-state index in [1.165, 1.54) is 24.8 Å². The molecule has 1 saturated heterocycles. The van der Waals surface area contributed by atoms with Crippen LogP contribution in [-0.4, -0.2) is 41.4 Å². The smallest absolute Gasteiger partial charge is 0.169 e. The zero-order valence-corrected chi connectivity index (χ0v) is 16.9. The van der Waals surface area contributed by atoms with E-state index in [2.05, 4.69) is 26.8 Å². The minimum absolute atomic E-state index is 0.150. The molecule has 0 aromatic heterocycles. The van der Waals surface area contributed by atoms with Crippen molar-refractivity contribution >= 4 is 0 Å². The Kier molecular flexibility index (Phi) is 3.23. The van der Waals surface area contributed by atoms with Crippen LogP contribution >= 0.6 is 0 Å². The molecule has 2 N–H and O–H groups in total. The van der Waals surface area contributed by atoms with E-state index in [1.54, 1.807) is 0 Å². The van der Waals surface area contributed by atoms with Crippen molar-refractivity contribution in [2.45, 2.75) is 77.3 Å². The first-order valence-electron chi connectivity index (χ1n) is 11.1. The van der Waals surface area contributed by atoms with Crippen LogP contribution < -0.4 is 0 Å². The minimum atomic E-state index is -0.603. The summed E-state index contributed by atoms with van der Waals surface area (Å²) in [6, 6.07) is 0. The molecule has 0 radical (unpaired) electrons. The van der Waals surface area contributed by atoms with Crippen molar-refractivity contribution in [1.29, 1.82) is 0 Å². The number of rotatable bonds is 1. The third-order valence-electron chi connectivity index (χ3n) is 10.6. The lowest BCUT2D eigenvalue weighted by Crippen LogP contribution is -2.60. The molecule has 1 heterocycles. The summed E-state index contributed by atoms with van der Waals surface area (Å²) < 4.78 is 12.1. The molecule has 4 heteroatoms. The van der Waals surface area contributed by atoms with Crippen molar-refractivity contribution < 1.29 is 19.7 Å². The monoisotopic (exact) mass is 374 g/mol. The summed E-state index contributed by atoms with van der Waals surface area (Å²) in [7, 11) is 0. The van der Waals surface area contributed by atoms with Crippen molar-refractivity contribution in [1.82, 2.24) is 0 Å². The highest BCUT2D eigenvalue weighted by Gasteiger charge is 2.77. The summed E-state index contributed by atoms with van der Waals surface area (Å²) in [6.07, 6.45) is 8.21. The van der Waals surface area contributed by atoms with Crippen LogP contribution in [0.2, 0.25) is 0 Å². The maximum atomic E-state index is 11.5. The van der Waals surface area contributed by atoms with Crippen LogP contribution in [0, 0.1) is 39.9 Å². The molecule has 0 amide bonds. The predicted octanol–water partition coefficient (Wildman–Crippen LogP) is 3.27. The van der Waals surface area contributed by atoms with E-state index in [4.69, 9.17) is 9.47 Å². The van der Waals surface area contributed by atoms with Crippen molar-refractivity contribution in [3.05, 3.63) is 11.6 Å². The van der Waals surface area contributed by atoms with Gasteiger partial charge in [0.1, 0.15) is 0 Å². The molecule has 150 valence electrons. The summed E-state index contributed by atoms with van der Waals surface area (Å²) in [4.78, 5) is 0. The van der Waals surface area contributed by atoms with Gasteiger partial charge in [-0.25, -0.2) is 0 Å². The Hall–Kier alpha value is -0.420. The molecule has 4 saturated carbocycles. The van der Waals surface area contributed by atoms with E-state index >= 15 is 0 Å². The van der Waals surface area contributed by atoms with Crippen molar-refractivity contribution in [2.24, 2.45) is 39.9 Å². The number of fused-ring (bicyclic) bond motifs is 4. The van der Waals surface area contributed by atoms with Crippen LogP contribution in [0.1, 0.15) is 59.3 Å². The fraction of sp³-hybridized carbons (Fsp3) is 0.913. The summed E-state index contributed by atoms with van der Waals surface area (Å²) >= 11 is 0. The Morgan fingerprint density at radius 3 is 2.48 bits per heavy atom. The summed E-state index contributed by atoms with van der Waals surface area (Å²) in [5, 5.41) is 22.7. The van der Waals surface area contributed by atoms with E-state index < -0.39 is 5.79 Å². The van der Waals surface area contributed by atoms with Gasteiger partial charge in [-0.05, 0) is 68.6 Å². The van der Waals surface area contributed by atoms with Gasteiger partial charge in [0, 0.05) is 16.7 Å². The number of aliphatic hydroxyl groups excluding tert-OH is 2. The van der Waals surface area contributed by atoms with Crippen LogP contribution in [-0.2, 0) is 9.47 Å². The lowest BCUT2D eigenvalue weighted by molar-refractivity contribution is -0.223. The molecule has 0 aromatic rings. The Morgan fingerprint density at radius 2 is 1.78 bits per heavy atom. The maximum Gasteiger partial charge on any atom is 0.169 e. The average Bonchev–Trinajstić information content (AvgIpc) is 2.88.